The number of rotatable bonds is 7. The first kappa shape index (κ1) is 20.9. The second-order valence-corrected chi connectivity index (χ2v) is 7.33. The fourth-order valence-electron chi connectivity index (χ4n) is 3.53. The molecule has 0 unspecified atom stereocenters. The number of hydrogen-bond donors (Lipinski definition) is 1. The van der Waals surface area contributed by atoms with Crippen LogP contribution >= 0.6 is 0 Å². The molecular formula is C23H29N3O3. The lowest BCUT2D eigenvalue weighted by atomic mass is 10.1. The third kappa shape index (κ3) is 5.81. The van der Waals surface area contributed by atoms with Gasteiger partial charge in [-0.3, -0.25) is 14.5 Å². The molecule has 0 spiro atoms. The van der Waals surface area contributed by atoms with Gasteiger partial charge in [-0.25, -0.2) is 0 Å². The van der Waals surface area contributed by atoms with E-state index in [1.54, 1.807) is 19.2 Å². The van der Waals surface area contributed by atoms with E-state index < -0.39 is 0 Å². The largest absolute Gasteiger partial charge is 0.497 e. The third-order valence-corrected chi connectivity index (χ3v) is 5.32. The van der Waals surface area contributed by atoms with Gasteiger partial charge in [0, 0.05) is 38.3 Å². The van der Waals surface area contributed by atoms with Gasteiger partial charge in [-0.15, -0.1) is 0 Å². The number of nitrogens with zero attached hydrogens (tertiary/aromatic N) is 2. The molecule has 6 nitrogen and oxygen atoms in total. The third-order valence-electron chi connectivity index (χ3n) is 5.32. The number of hydrogen-bond acceptors (Lipinski definition) is 4. The molecule has 0 atom stereocenters. The van der Waals surface area contributed by atoms with Crippen LogP contribution in [0.5, 0.6) is 5.75 Å². The molecule has 0 bridgehead atoms. The highest BCUT2D eigenvalue weighted by Gasteiger charge is 2.23. The Kier molecular flexibility index (Phi) is 7.25. The van der Waals surface area contributed by atoms with Crippen LogP contribution < -0.4 is 10.1 Å². The molecule has 1 N–H and O–H groups in total. The van der Waals surface area contributed by atoms with Crippen LogP contribution in [0.1, 0.15) is 21.5 Å². The van der Waals surface area contributed by atoms with Gasteiger partial charge in [-0.05, 0) is 42.7 Å². The van der Waals surface area contributed by atoms with E-state index in [9.17, 15) is 9.59 Å². The van der Waals surface area contributed by atoms with Crippen LogP contribution in [0, 0.1) is 6.92 Å². The molecule has 1 fully saturated rings. The summed E-state index contributed by atoms with van der Waals surface area (Å²) in [6, 6.07) is 15.4. The summed E-state index contributed by atoms with van der Waals surface area (Å²) >= 11 is 0. The smallest absolute Gasteiger partial charge is 0.254 e. The molecule has 29 heavy (non-hydrogen) atoms. The number of benzene rings is 2. The van der Waals surface area contributed by atoms with Crippen molar-refractivity contribution in [2.75, 3.05) is 46.4 Å². The minimum Gasteiger partial charge on any atom is -0.497 e. The quantitative estimate of drug-likeness (QED) is 0.780. The average molecular weight is 396 g/mol. The van der Waals surface area contributed by atoms with Gasteiger partial charge in [0.2, 0.25) is 5.91 Å². The number of carbonyl (C=O) groups is 2. The van der Waals surface area contributed by atoms with E-state index in [4.69, 9.17) is 4.74 Å². The molecule has 154 valence electrons. The minimum atomic E-state index is 0.00577. The topological polar surface area (TPSA) is 61.9 Å². The summed E-state index contributed by atoms with van der Waals surface area (Å²) in [6.07, 6.45) is 0.835. The van der Waals surface area contributed by atoms with Gasteiger partial charge in [-0.2, -0.15) is 0 Å². The van der Waals surface area contributed by atoms with Crippen LogP contribution in [0.3, 0.4) is 0 Å². The van der Waals surface area contributed by atoms with E-state index in [0.717, 1.165) is 6.42 Å². The molecular weight excluding hydrogens is 366 g/mol. The molecule has 0 saturated carbocycles. The van der Waals surface area contributed by atoms with Crippen molar-refractivity contribution in [1.29, 1.82) is 0 Å². The summed E-state index contributed by atoms with van der Waals surface area (Å²) in [6.45, 7) is 5.72. The Morgan fingerprint density at radius 2 is 1.79 bits per heavy atom. The summed E-state index contributed by atoms with van der Waals surface area (Å²) in [7, 11) is 1.59. The fourth-order valence-corrected chi connectivity index (χ4v) is 3.53. The normalized spacial score (nSPS) is 14.5. The first-order valence-electron chi connectivity index (χ1n) is 10.0. The summed E-state index contributed by atoms with van der Waals surface area (Å²) in [5.41, 5.74) is 3.14. The average Bonchev–Trinajstić information content (AvgIpc) is 2.75. The van der Waals surface area contributed by atoms with Crippen molar-refractivity contribution in [3.05, 3.63) is 65.2 Å². The number of amides is 2. The van der Waals surface area contributed by atoms with Gasteiger partial charge in [0.15, 0.2) is 0 Å². The maximum atomic E-state index is 12.7. The van der Waals surface area contributed by atoms with Crippen LogP contribution in [-0.4, -0.2) is 68.0 Å². The molecule has 2 aromatic rings. The lowest BCUT2D eigenvalue weighted by molar-refractivity contribution is -0.122. The zero-order valence-corrected chi connectivity index (χ0v) is 17.2. The molecule has 1 saturated heterocycles. The van der Waals surface area contributed by atoms with E-state index in [2.05, 4.69) is 29.3 Å². The zero-order chi connectivity index (χ0) is 20.6. The van der Waals surface area contributed by atoms with Gasteiger partial charge in [0.1, 0.15) is 5.75 Å². The zero-order valence-electron chi connectivity index (χ0n) is 17.2. The Labute approximate surface area is 172 Å². The maximum absolute atomic E-state index is 12.7. The van der Waals surface area contributed by atoms with Crippen LogP contribution in [0.25, 0.3) is 0 Å². The first-order valence-corrected chi connectivity index (χ1v) is 10.0. The van der Waals surface area contributed by atoms with Gasteiger partial charge in [-0.1, -0.05) is 30.3 Å². The van der Waals surface area contributed by atoms with E-state index >= 15 is 0 Å². The highest BCUT2D eigenvalue weighted by Crippen LogP contribution is 2.15. The number of ether oxygens (including phenoxy) is 1. The monoisotopic (exact) mass is 395 g/mol. The summed E-state index contributed by atoms with van der Waals surface area (Å²) in [5, 5.41) is 3.00. The van der Waals surface area contributed by atoms with Crippen molar-refractivity contribution in [3.8, 4) is 5.75 Å². The molecule has 1 aliphatic rings. The van der Waals surface area contributed by atoms with Gasteiger partial charge in [0.05, 0.1) is 13.7 Å². The SMILES string of the molecule is COc1cccc(C(=O)N2CCN(CC(=O)NCCc3ccccc3C)CC2)c1. The number of methoxy groups -OCH3 is 1. The number of carbonyl (C=O) groups excluding carboxylic acids is 2. The van der Waals surface area contributed by atoms with E-state index in [1.807, 2.05) is 29.2 Å². The van der Waals surface area contributed by atoms with Crippen LogP contribution in [0.15, 0.2) is 48.5 Å². The van der Waals surface area contributed by atoms with Crippen molar-refractivity contribution >= 4 is 11.8 Å². The Hall–Kier alpha value is -2.86. The van der Waals surface area contributed by atoms with Gasteiger partial charge < -0.3 is 15.0 Å². The van der Waals surface area contributed by atoms with Crippen molar-refractivity contribution in [3.63, 3.8) is 0 Å². The molecule has 2 amide bonds. The molecule has 1 aliphatic heterocycles. The summed E-state index contributed by atoms with van der Waals surface area (Å²) in [4.78, 5) is 28.8. The predicted octanol–water partition coefficient (Wildman–Crippen LogP) is 2.12. The molecule has 0 radical (unpaired) electrons. The standard InChI is InChI=1S/C23H29N3O3/c1-18-6-3-4-7-19(18)10-11-24-22(27)17-25-12-14-26(15-13-25)23(28)20-8-5-9-21(16-20)29-2/h3-9,16H,10-15,17H2,1-2H3,(H,24,27). The predicted molar refractivity (Wildman–Crippen MR) is 113 cm³/mol. The van der Waals surface area contributed by atoms with Crippen LogP contribution in [0.4, 0.5) is 0 Å². The van der Waals surface area contributed by atoms with Crippen LogP contribution in [-0.2, 0) is 11.2 Å². The Morgan fingerprint density at radius 3 is 2.52 bits per heavy atom. The molecule has 1 heterocycles. The Morgan fingerprint density at radius 1 is 1.03 bits per heavy atom. The molecule has 3 rings (SSSR count). The molecule has 6 heteroatoms. The molecule has 0 aliphatic carbocycles. The van der Waals surface area contributed by atoms with E-state index in [0.29, 0.717) is 50.6 Å². The van der Waals surface area contributed by atoms with E-state index in [-0.39, 0.29) is 11.8 Å². The van der Waals surface area contributed by atoms with Gasteiger partial charge >= 0.3 is 0 Å². The van der Waals surface area contributed by atoms with E-state index in [1.165, 1.54) is 11.1 Å². The molecule has 2 aromatic carbocycles. The summed E-state index contributed by atoms with van der Waals surface area (Å²) in [5.74, 6) is 0.717. The highest BCUT2D eigenvalue weighted by molar-refractivity contribution is 5.94. The number of aryl methyl sites for hydroxylation is 1. The van der Waals surface area contributed by atoms with Crippen molar-refractivity contribution in [2.24, 2.45) is 0 Å². The Bertz CT molecular complexity index is 845. The summed E-state index contributed by atoms with van der Waals surface area (Å²) < 4.78 is 5.20. The van der Waals surface area contributed by atoms with Crippen molar-refractivity contribution < 1.29 is 14.3 Å². The van der Waals surface area contributed by atoms with Crippen LogP contribution in [0.2, 0.25) is 0 Å². The second-order valence-electron chi connectivity index (χ2n) is 7.33. The van der Waals surface area contributed by atoms with Crippen molar-refractivity contribution in [2.45, 2.75) is 13.3 Å². The highest BCUT2D eigenvalue weighted by atomic mass is 16.5. The number of nitrogens with one attached hydrogen (secondary N) is 1. The fraction of sp³-hybridized carbons (Fsp3) is 0.391. The van der Waals surface area contributed by atoms with Crippen molar-refractivity contribution in [1.82, 2.24) is 15.1 Å². The first-order chi connectivity index (χ1) is 14.1. The number of piperazine rings is 1. The molecule has 0 aromatic heterocycles. The Balaban J connectivity index is 1.40. The lowest BCUT2D eigenvalue weighted by Gasteiger charge is -2.34. The lowest BCUT2D eigenvalue weighted by Crippen LogP contribution is -2.51. The van der Waals surface area contributed by atoms with Gasteiger partial charge in [0.25, 0.3) is 5.91 Å². The second kappa shape index (κ2) is 10.1. The minimum absolute atomic E-state index is 0.00577. The maximum Gasteiger partial charge on any atom is 0.254 e.